The van der Waals surface area contributed by atoms with Gasteiger partial charge in [-0.3, -0.25) is 33.6 Å². The summed E-state index contributed by atoms with van der Waals surface area (Å²) in [4.78, 5) is 99.8. The van der Waals surface area contributed by atoms with Gasteiger partial charge in [-0.05, 0) is 37.0 Å². The molecule has 0 aliphatic carbocycles. The fourth-order valence-corrected chi connectivity index (χ4v) is 9.10. The topological polar surface area (TPSA) is 340 Å². The molecule has 0 aromatic heterocycles. The second-order valence-electron chi connectivity index (χ2n) is 19.3. The molecule has 3 aliphatic heterocycles. The fraction of sp³-hybridized carbons (Fsp3) is 0.708. The Morgan fingerprint density at radius 2 is 1.44 bits per heavy atom. The van der Waals surface area contributed by atoms with Crippen molar-refractivity contribution in [3.8, 4) is 5.75 Å². The number of aliphatic hydroxyl groups excluding tert-OH is 5. The highest BCUT2D eigenvalue weighted by Gasteiger charge is 2.48. The van der Waals surface area contributed by atoms with Crippen LogP contribution in [0, 0.1) is 11.8 Å². The summed E-state index contributed by atoms with van der Waals surface area (Å²) in [6, 6.07) is -4.68. The van der Waals surface area contributed by atoms with Crippen molar-refractivity contribution in [2.45, 2.75) is 178 Å². The van der Waals surface area contributed by atoms with Crippen LogP contribution in [0.2, 0.25) is 0 Å². The number of amides is 7. The average molecular weight is 989 g/mol. The Kier molecular flexibility index (Phi) is 22.7. The minimum Gasteiger partial charge on any atom is -0.508 e. The lowest BCUT2D eigenvalue weighted by atomic mass is 9.99. The first-order valence-corrected chi connectivity index (χ1v) is 24.7. The van der Waals surface area contributed by atoms with E-state index in [1.165, 1.54) is 56.9 Å². The third-order valence-corrected chi connectivity index (χ3v) is 13.6. The van der Waals surface area contributed by atoms with E-state index in [0.29, 0.717) is 12.0 Å². The lowest BCUT2D eigenvalue weighted by Crippen LogP contribution is -2.63. The standard InChI is InChI=1S/C48H76N8O14/c1-5-27(2)14-12-10-8-6-7-9-11-13-15-38(62)50-34-21-31(54-70)23-49-46(67)41-42(63)28(3)24-56(41)47(68)35(26-57)51-45(66)40(37(61)20-30-16-18-32(59)19-17-30)53-44(65)36-22-33(60)25-55(36)48(69)39(29(4)58)52-43(34)64/h16-19,27-29,33-37,39-42,57-61,63,70H,5-15,20-26H2,1-4H3,(H,49,67)(H,50,62)(H,51,66)(H,52,64)(H,53,65)/b54-31-/t27?,28-,29+,33+,34-,35-,36-,37+,39-,40-,41-,42-/m0/s1. The number of oxime groups is 1. The summed E-state index contributed by atoms with van der Waals surface area (Å²) >= 11 is 0. The van der Waals surface area contributed by atoms with Crippen LogP contribution < -0.4 is 26.6 Å². The zero-order valence-corrected chi connectivity index (χ0v) is 40.8. The third kappa shape index (κ3) is 16.3. The van der Waals surface area contributed by atoms with E-state index in [0.717, 1.165) is 47.8 Å². The maximum Gasteiger partial charge on any atom is 0.248 e. The number of phenols is 1. The summed E-state index contributed by atoms with van der Waals surface area (Å²) in [6.07, 6.45) is 2.75. The number of aliphatic hydroxyl groups is 5. The van der Waals surface area contributed by atoms with Gasteiger partial charge in [0, 0.05) is 44.7 Å². The van der Waals surface area contributed by atoms with Gasteiger partial charge in [-0.1, -0.05) is 95.8 Å². The van der Waals surface area contributed by atoms with Crippen molar-refractivity contribution >= 4 is 47.1 Å². The maximum atomic E-state index is 14.3. The van der Waals surface area contributed by atoms with Crippen molar-refractivity contribution in [3.05, 3.63) is 29.8 Å². The van der Waals surface area contributed by atoms with Gasteiger partial charge in [-0.2, -0.15) is 0 Å². The van der Waals surface area contributed by atoms with Crippen molar-refractivity contribution in [1.82, 2.24) is 36.4 Å². The highest BCUT2D eigenvalue weighted by molar-refractivity contribution is 6.00. The number of aromatic hydroxyl groups is 1. The predicted molar refractivity (Wildman–Crippen MR) is 254 cm³/mol. The number of nitrogens with one attached hydrogen (secondary N) is 5. The van der Waals surface area contributed by atoms with Gasteiger partial charge in [-0.25, -0.2) is 0 Å². The van der Waals surface area contributed by atoms with E-state index in [1.807, 2.05) is 0 Å². The second kappa shape index (κ2) is 27.8. The zero-order chi connectivity index (χ0) is 51.7. The van der Waals surface area contributed by atoms with Gasteiger partial charge in [0.15, 0.2) is 0 Å². The van der Waals surface area contributed by atoms with Gasteiger partial charge >= 0.3 is 0 Å². The Balaban J connectivity index is 1.63. The van der Waals surface area contributed by atoms with E-state index in [-0.39, 0.29) is 37.3 Å². The number of benzene rings is 1. The maximum absolute atomic E-state index is 14.3. The van der Waals surface area contributed by atoms with Crippen LogP contribution in [0.15, 0.2) is 29.4 Å². The Morgan fingerprint density at radius 1 is 0.814 bits per heavy atom. The number of fused-ring (bicyclic) bond motifs is 2. The van der Waals surface area contributed by atoms with Crippen LogP contribution in [0.4, 0.5) is 0 Å². The number of rotatable bonds is 18. The molecule has 12 N–H and O–H groups in total. The summed E-state index contributed by atoms with van der Waals surface area (Å²) in [5, 5.41) is 90.2. The van der Waals surface area contributed by atoms with Crippen LogP contribution in [0.25, 0.3) is 0 Å². The molecule has 1 aromatic rings. The molecule has 1 unspecified atom stereocenters. The summed E-state index contributed by atoms with van der Waals surface area (Å²) in [6.45, 7) is 4.88. The molecule has 0 bridgehead atoms. The minimum absolute atomic E-state index is 0.0146. The number of carbonyl (C=O) groups excluding carboxylic acids is 7. The van der Waals surface area contributed by atoms with Crippen molar-refractivity contribution in [2.24, 2.45) is 17.0 Å². The smallest absolute Gasteiger partial charge is 0.248 e. The van der Waals surface area contributed by atoms with E-state index in [9.17, 15) is 69.4 Å². The Morgan fingerprint density at radius 3 is 2.06 bits per heavy atom. The number of hydrogen-bond acceptors (Lipinski definition) is 15. The molecular weight excluding hydrogens is 913 g/mol. The van der Waals surface area contributed by atoms with Gasteiger partial charge in [0.05, 0.1) is 43.3 Å². The Bertz CT molecular complexity index is 1950. The van der Waals surface area contributed by atoms with Gasteiger partial charge < -0.3 is 72.2 Å². The molecular formula is C48H76N8O14. The van der Waals surface area contributed by atoms with Crippen LogP contribution >= 0.6 is 0 Å². The molecule has 3 saturated heterocycles. The Hall–Kier alpha value is -5.42. The zero-order valence-electron chi connectivity index (χ0n) is 40.8. The monoisotopic (exact) mass is 989 g/mol. The number of carbonyl (C=O) groups is 7. The average Bonchev–Trinajstić information content (AvgIpc) is 3.87. The highest BCUT2D eigenvalue weighted by Crippen LogP contribution is 2.26. The number of phenolic OH excluding ortho intramolecular Hbond substituents is 1. The van der Waals surface area contributed by atoms with Gasteiger partial charge in [0.25, 0.3) is 0 Å². The largest absolute Gasteiger partial charge is 0.508 e. The molecule has 3 fully saturated rings. The molecule has 7 amide bonds. The van der Waals surface area contributed by atoms with Crippen LogP contribution in [-0.2, 0) is 40.0 Å². The highest BCUT2D eigenvalue weighted by atomic mass is 16.4. The van der Waals surface area contributed by atoms with Crippen molar-refractivity contribution < 1.29 is 69.4 Å². The molecule has 12 atom stereocenters. The van der Waals surface area contributed by atoms with E-state index >= 15 is 0 Å². The summed E-state index contributed by atoms with van der Waals surface area (Å²) < 4.78 is 0. The minimum atomic E-state index is -1.91. The van der Waals surface area contributed by atoms with Crippen molar-refractivity contribution in [2.75, 3.05) is 26.2 Å². The van der Waals surface area contributed by atoms with E-state index < -0.39 is 134 Å². The molecule has 22 heteroatoms. The molecule has 70 heavy (non-hydrogen) atoms. The summed E-state index contributed by atoms with van der Waals surface area (Å²) in [5.74, 6) is -6.92. The normalized spacial score (nSPS) is 28.4. The Labute approximate surface area is 409 Å². The van der Waals surface area contributed by atoms with Gasteiger partial charge in [0.1, 0.15) is 42.0 Å². The van der Waals surface area contributed by atoms with Crippen LogP contribution in [0.3, 0.4) is 0 Å². The summed E-state index contributed by atoms with van der Waals surface area (Å²) in [5.41, 5.74) is 0.133. The molecule has 0 saturated carbocycles. The number of unbranched alkanes of at least 4 members (excludes halogenated alkanes) is 7. The number of hydrogen-bond donors (Lipinski definition) is 12. The van der Waals surface area contributed by atoms with Crippen LogP contribution in [0.1, 0.15) is 117 Å². The van der Waals surface area contributed by atoms with Crippen LogP contribution in [0.5, 0.6) is 5.75 Å². The molecule has 0 radical (unpaired) electrons. The second-order valence-corrected chi connectivity index (χ2v) is 19.3. The molecule has 22 nitrogen and oxygen atoms in total. The fourth-order valence-electron chi connectivity index (χ4n) is 9.10. The molecule has 3 heterocycles. The van der Waals surface area contributed by atoms with Crippen molar-refractivity contribution in [3.63, 3.8) is 0 Å². The third-order valence-electron chi connectivity index (χ3n) is 13.6. The van der Waals surface area contributed by atoms with Crippen molar-refractivity contribution in [1.29, 1.82) is 0 Å². The molecule has 3 aliphatic rings. The predicted octanol–water partition coefficient (Wildman–Crippen LogP) is -0.925. The molecule has 0 spiro atoms. The summed E-state index contributed by atoms with van der Waals surface area (Å²) in [7, 11) is 0. The van der Waals surface area contributed by atoms with E-state index in [4.69, 9.17) is 0 Å². The first-order valence-electron chi connectivity index (χ1n) is 24.7. The quantitative estimate of drug-likeness (QED) is 0.0481. The first-order chi connectivity index (χ1) is 33.3. The number of nitrogens with zero attached hydrogens (tertiary/aromatic N) is 3. The first kappa shape index (κ1) is 57.2. The van der Waals surface area contributed by atoms with Crippen LogP contribution in [-0.4, -0.2) is 180 Å². The van der Waals surface area contributed by atoms with Gasteiger partial charge in [0.2, 0.25) is 41.4 Å². The molecule has 392 valence electrons. The lowest BCUT2D eigenvalue weighted by Gasteiger charge is -2.32. The molecule has 4 rings (SSSR count). The van der Waals surface area contributed by atoms with E-state index in [2.05, 4.69) is 45.6 Å². The lowest BCUT2D eigenvalue weighted by molar-refractivity contribution is -0.146. The van der Waals surface area contributed by atoms with E-state index in [1.54, 1.807) is 6.92 Å². The SMILES string of the molecule is CCC(C)CCCCCCCCCCC(=O)N[C@H]1C/C(=N/O)CNC(=O)[C@@H]2[C@@H](O)[C@@H](C)CN2C(=O)[C@H](CO)NC(=O)[C@H]([C@H](O)Cc2ccc(O)cc2)NC(=O)[C@@H]2C[C@@H](O)CN2C(=O)[C@H]([C@@H](C)O)NC1=O. The van der Waals surface area contributed by atoms with Gasteiger partial charge in [-0.15, -0.1) is 0 Å². The molecule has 1 aromatic carbocycles.